The highest BCUT2D eigenvalue weighted by molar-refractivity contribution is 5.84. The largest absolute Gasteiger partial charge is 0.586 e. The van der Waals surface area contributed by atoms with E-state index < -0.39 is 42.8 Å². The number of piperazine rings is 1. The predicted octanol–water partition coefficient (Wildman–Crippen LogP) is 4.69. The van der Waals surface area contributed by atoms with Gasteiger partial charge in [0.05, 0.1) is 6.04 Å². The van der Waals surface area contributed by atoms with Crippen molar-refractivity contribution in [2.24, 2.45) is 0 Å². The number of benzene rings is 2. The first-order chi connectivity index (χ1) is 18.6. The first-order valence-electron chi connectivity index (χ1n) is 11.7. The number of Topliss-reactive ketones (excluding diaryl/α,β-unsaturated/α-hetero) is 1. The molecule has 0 N–H and O–H groups in total. The minimum Gasteiger partial charge on any atom is -0.428 e. The van der Waals surface area contributed by atoms with E-state index in [1.54, 1.807) is 4.90 Å². The lowest BCUT2D eigenvalue weighted by Crippen LogP contribution is -2.52. The molecule has 0 saturated carbocycles. The Kier molecular flexibility index (Phi) is 6.63. The van der Waals surface area contributed by atoms with Crippen molar-refractivity contribution in [3.8, 4) is 23.0 Å². The topological polar surface area (TPSA) is 86.8 Å². The number of nitrogens with zero attached hydrogens (tertiary/aromatic N) is 2. The van der Waals surface area contributed by atoms with Gasteiger partial charge in [0.25, 0.3) is 6.10 Å². The van der Waals surface area contributed by atoms with Gasteiger partial charge in [-0.3, -0.25) is 9.69 Å². The molecule has 3 aliphatic rings. The van der Waals surface area contributed by atoms with Crippen molar-refractivity contribution in [2.75, 3.05) is 26.2 Å². The minimum absolute atomic E-state index is 0.0335. The van der Waals surface area contributed by atoms with E-state index in [1.807, 2.05) is 0 Å². The second-order valence-corrected chi connectivity index (χ2v) is 9.09. The number of carbonyl (C=O) groups excluding carboxylic acids is 2. The molecule has 2 aromatic carbocycles. The molecular weight excluding hydrogens is 561 g/mol. The van der Waals surface area contributed by atoms with Crippen LogP contribution in [0.3, 0.4) is 0 Å². The van der Waals surface area contributed by atoms with Crippen LogP contribution in [-0.2, 0) is 9.53 Å². The molecule has 0 aromatic heterocycles. The van der Waals surface area contributed by atoms with Crippen LogP contribution in [0.2, 0.25) is 0 Å². The molecule has 3 aliphatic heterocycles. The maximum absolute atomic E-state index is 13.6. The second kappa shape index (κ2) is 9.60. The van der Waals surface area contributed by atoms with Crippen molar-refractivity contribution in [2.45, 2.75) is 37.8 Å². The summed E-state index contributed by atoms with van der Waals surface area (Å²) in [4.78, 5) is 26.5. The van der Waals surface area contributed by atoms with Crippen LogP contribution in [0.25, 0.3) is 0 Å². The second-order valence-electron chi connectivity index (χ2n) is 9.09. The van der Waals surface area contributed by atoms with Gasteiger partial charge in [-0.15, -0.1) is 17.6 Å². The number of amides is 1. The van der Waals surface area contributed by atoms with E-state index >= 15 is 0 Å². The van der Waals surface area contributed by atoms with Crippen molar-refractivity contribution in [3.63, 3.8) is 0 Å². The molecule has 40 heavy (non-hydrogen) atoms. The summed E-state index contributed by atoms with van der Waals surface area (Å²) >= 11 is 0. The van der Waals surface area contributed by atoms with E-state index in [-0.39, 0.29) is 49.2 Å². The van der Waals surface area contributed by atoms with Gasteiger partial charge in [-0.05, 0) is 42.3 Å². The monoisotopic (exact) mass is 580 g/mol. The molecule has 16 heteroatoms. The molecule has 3 heterocycles. The van der Waals surface area contributed by atoms with Crippen LogP contribution in [0.5, 0.6) is 23.0 Å². The number of alkyl halides is 7. The Bertz CT molecular complexity index is 1260. The van der Waals surface area contributed by atoms with E-state index in [0.29, 0.717) is 18.1 Å². The van der Waals surface area contributed by atoms with Crippen LogP contribution in [-0.4, -0.2) is 72.7 Å². The molecule has 9 nitrogen and oxygen atoms in total. The first-order valence-corrected chi connectivity index (χ1v) is 11.7. The normalized spacial score (nSPS) is 20.0. The Hall–Kier alpha value is -3.95. The van der Waals surface area contributed by atoms with Crippen molar-refractivity contribution in [1.29, 1.82) is 0 Å². The molecule has 0 bridgehead atoms. The quantitative estimate of drug-likeness (QED) is 0.471. The van der Waals surface area contributed by atoms with Crippen LogP contribution in [0.1, 0.15) is 24.1 Å². The van der Waals surface area contributed by atoms with Crippen LogP contribution in [0.15, 0.2) is 36.4 Å². The van der Waals surface area contributed by atoms with Gasteiger partial charge >= 0.3 is 24.9 Å². The lowest BCUT2D eigenvalue weighted by molar-refractivity contribution is -0.287. The predicted molar refractivity (Wildman–Crippen MR) is 117 cm³/mol. The van der Waals surface area contributed by atoms with Crippen LogP contribution in [0.4, 0.5) is 35.5 Å². The van der Waals surface area contributed by atoms with Gasteiger partial charge in [0.15, 0.2) is 28.8 Å². The van der Waals surface area contributed by atoms with Crippen molar-refractivity contribution < 1.29 is 64.0 Å². The molecule has 1 atom stereocenters. The van der Waals surface area contributed by atoms with Crippen LogP contribution in [0, 0.1) is 0 Å². The SMILES string of the molecule is CC(=O)C(OC(=O)N1CCN(C(c2ccc3c(c2)OC(F)(F)O3)c2ccc3c(c2)OC(F)(F)O3)CC1)C(F)(F)F. The zero-order valence-electron chi connectivity index (χ0n) is 20.3. The third-order valence-corrected chi connectivity index (χ3v) is 6.30. The van der Waals surface area contributed by atoms with Gasteiger partial charge in [-0.1, -0.05) is 12.1 Å². The maximum atomic E-state index is 13.6. The van der Waals surface area contributed by atoms with Gasteiger partial charge in [0, 0.05) is 26.2 Å². The molecule has 216 valence electrons. The number of carbonyl (C=O) groups is 2. The van der Waals surface area contributed by atoms with Crippen molar-refractivity contribution in [3.05, 3.63) is 47.5 Å². The third kappa shape index (κ3) is 5.52. The summed E-state index contributed by atoms with van der Waals surface area (Å²) in [5, 5.41) is 0. The van der Waals surface area contributed by atoms with E-state index in [1.165, 1.54) is 36.4 Å². The zero-order valence-corrected chi connectivity index (χ0v) is 20.3. The number of hydrogen-bond donors (Lipinski definition) is 0. The molecule has 1 unspecified atom stereocenters. The Morgan fingerprint density at radius 1 is 0.800 bits per heavy atom. The average molecular weight is 580 g/mol. The van der Waals surface area contributed by atoms with Crippen LogP contribution >= 0.6 is 0 Å². The molecule has 2 aromatic rings. The molecule has 0 aliphatic carbocycles. The summed E-state index contributed by atoms with van der Waals surface area (Å²) in [6.07, 6.45) is -17.1. The molecule has 0 radical (unpaired) electrons. The van der Waals surface area contributed by atoms with Gasteiger partial charge in [-0.2, -0.15) is 13.2 Å². The lowest BCUT2D eigenvalue weighted by Gasteiger charge is -2.39. The third-order valence-electron chi connectivity index (χ3n) is 6.30. The summed E-state index contributed by atoms with van der Waals surface area (Å²) in [5.74, 6) is -2.39. The lowest BCUT2D eigenvalue weighted by atomic mass is 9.95. The van der Waals surface area contributed by atoms with Crippen molar-refractivity contribution >= 4 is 11.9 Å². The van der Waals surface area contributed by atoms with Gasteiger partial charge in [0.1, 0.15) is 0 Å². The Labute approximate surface area is 220 Å². The fourth-order valence-electron chi connectivity index (χ4n) is 4.60. The van der Waals surface area contributed by atoms with Crippen LogP contribution < -0.4 is 18.9 Å². The van der Waals surface area contributed by atoms with Crippen molar-refractivity contribution in [1.82, 2.24) is 9.80 Å². The molecule has 1 saturated heterocycles. The molecular formula is C24H19F7N2O7. The highest BCUT2D eigenvalue weighted by Gasteiger charge is 2.48. The fourth-order valence-corrected chi connectivity index (χ4v) is 4.60. The minimum atomic E-state index is -5.08. The number of rotatable bonds is 5. The zero-order chi connectivity index (χ0) is 29.0. The van der Waals surface area contributed by atoms with E-state index in [4.69, 9.17) is 0 Å². The molecule has 5 rings (SSSR count). The summed E-state index contributed by atoms with van der Waals surface area (Å²) in [6, 6.07) is 7.15. The Balaban J connectivity index is 1.39. The number of fused-ring (bicyclic) bond motifs is 2. The Morgan fingerprint density at radius 2 is 1.25 bits per heavy atom. The number of ketones is 1. The van der Waals surface area contributed by atoms with E-state index in [9.17, 15) is 40.3 Å². The first kappa shape index (κ1) is 27.6. The summed E-state index contributed by atoms with van der Waals surface area (Å²) in [6.45, 7) is 0.444. The maximum Gasteiger partial charge on any atom is 0.586 e. The number of hydrogen-bond acceptors (Lipinski definition) is 8. The smallest absolute Gasteiger partial charge is 0.428 e. The number of halogens is 7. The highest BCUT2D eigenvalue weighted by Crippen LogP contribution is 2.46. The summed E-state index contributed by atoms with van der Waals surface area (Å²) < 4.78 is 116. The highest BCUT2D eigenvalue weighted by atomic mass is 19.4. The van der Waals surface area contributed by atoms with E-state index in [0.717, 1.165) is 4.90 Å². The number of ether oxygens (including phenoxy) is 5. The van der Waals surface area contributed by atoms with Gasteiger partial charge < -0.3 is 28.6 Å². The molecule has 1 amide bonds. The average Bonchev–Trinajstić information content (AvgIpc) is 3.33. The van der Waals surface area contributed by atoms with E-state index in [2.05, 4.69) is 23.7 Å². The fraction of sp³-hybridized carbons (Fsp3) is 0.417. The standard InChI is InChI=1S/C24H19F7N2O7/c1-12(34)20(22(25,26)27)36-21(35)33-8-6-32(7-9-33)19(13-2-4-15-17(10-13)39-23(28,29)37-15)14-3-5-16-18(11-14)40-24(30,31)38-16/h2-5,10-11,19-20H,6-9H2,1H3. The van der Waals surface area contributed by atoms with Gasteiger partial charge in [-0.25, -0.2) is 4.79 Å². The molecule has 1 fully saturated rings. The summed E-state index contributed by atoms with van der Waals surface area (Å²) in [5.41, 5.74) is 0.742. The van der Waals surface area contributed by atoms with Gasteiger partial charge in [0.2, 0.25) is 0 Å². The Morgan fingerprint density at radius 3 is 1.68 bits per heavy atom. The molecule has 0 spiro atoms. The summed E-state index contributed by atoms with van der Waals surface area (Å²) in [7, 11) is 0.